The van der Waals surface area contributed by atoms with E-state index < -0.39 is 0 Å². The maximum absolute atomic E-state index is 13.0. The van der Waals surface area contributed by atoms with Gasteiger partial charge in [-0.1, -0.05) is 12.1 Å². The number of aromatic nitrogens is 3. The highest BCUT2D eigenvalue weighted by Gasteiger charge is 2.12. The normalized spacial score (nSPS) is 11.1. The van der Waals surface area contributed by atoms with E-state index in [2.05, 4.69) is 10.1 Å². The number of ketones is 1. The maximum Gasteiger partial charge on any atom is 0.168 e. The van der Waals surface area contributed by atoms with Crippen LogP contribution in [0.1, 0.15) is 21.7 Å². The van der Waals surface area contributed by atoms with Crippen molar-refractivity contribution in [3.8, 4) is 11.1 Å². The number of benzene rings is 2. The molecule has 28 heavy (non-hydrogen) atoms. The van der Waals surface area contributed by atoms with Gasteiger partial charge >= 0.3 is 0 Å². The molecule has 0 bridgehead atoms. The third-order valence-corrected chi connectivity index (χ3v) is 4.81. The van der Waals surface area contributed by atoms with Crippen LogP contribution in [0, 0.1) is 5.82 Å². The molecule has 2 aromatic heterocycles. The fourth-order valence-electron chi connectivity index (χ4n) is 3.24. The molecule has 0 radical (unpaired) electrons. The third-order valence-electron chi connectivity index (χ3n) is 4.81. The number of aliphatic hydroxyl groups excluding tert-OH is 1. The van der Waals surface area contributed by atoms with Crippen LogP contribution in [0.4, 0.5) is 4.39 Å². The standard InChI is InChI=1S/C22H18FN3O2/c1-26-21(13-27)20(12-25-26)15-2-3-16-11-24-19(9-17(16)8-15)10-22(28)14-4-6-18(23)7-5-14/h2-9,11-12,27H,10,13H2,1H3. The first-order chi connectivity index (χ1) is 13.5. The molecule has 0 fully saturated rings. The summed E-state index contributed by atoms with van der Waals surface area (Å²) in [5.74, 6) is -0.483. The molecule has 0 aliphatic rings. The number of Topliss-reactive ketones (excluding diaryl/α,β-unsaturated/α-hetero) is 1. The zero-order valence-electron chi connectivity index (χ0n) is 15.3. The van der Waals surface area contributed by atoms with Crippen LogP contribution in [0.3, 0.4) is 0 Å². The number of rotatable bonds is 5. The van der Waals surface area contributed by atoms with Crippen molar-refractivity contribution in [3.63, 3.8) is 0 Å². The number of aryl methyl sites for hydroxylation is 1. The van der Waals surface area contributed by atoms with Crippen molar-refractivity contribution in [1.29, 1.82) is 0 Å². The summed E-state index contributed by atoms with van der Waals surface area (Å²) in [5, 5.41) is 15.7. The number of fused-ring (bicyclic) bond motifs is 1. The van der Waals surface area contributed by atoms with E-state index in [1.165, 1.54) is 24.3 Å². The molecule has 0 aliphatic heterocycles. The molecule has 0 spiro atoms. The second-order valence-electron chi connectivity index (χ2n) is 6.63. The smallest absolute Gasteiger partial charge is 0.168 e. The fraction of sp³-hybridized carbons (Fsp3) is 0.136. The van der Waals surface area contributed by atoms with Gasteiger partial charge in [0.25, 0.3) is 0 Å². The van der Waals surface area contributed by atoms with Crippen LogP contribution in [0.2, 0.25) is 0 Å². The Kier molecular flexibility index (Phi) is 4.71. The zero-order chi connectivity index (χ0) is 19.7. The number of hydrogen-bond acceptors (Lipinski definition) is 4. The van der Waals surface area contributed by atoms with Crippen molar-refractivity contribution in [3.05, 3.63) is 83.7 Å². The van der Waals surface area contributed by atoms with Crippen molar-refractivity contribution < 1.29 is 14.3 Å². The summed E-state index contributed by atoms with van der Waals surface area (Å²) < 4.78 is 14.7. The molecule has 4 rings (SSSR count). The van der Waals surface area contributed by atoms with Crippen molar-refractivity contribution in [2.45, 2.75) is 13.0 Å². The summed E-state index contributed by atoms with van der Waals surface area (Å²) in [7, 11) is 1.79. The van der Waals surface area contributed by atoms with Gasteiger partial charge in [0.15, 0.2) is 5.78 Å². The Morgan fingerprint density at radius 2 is 1.86 bits per heavy atom. The number of hydrogen-bond donors (Lipinski definition) is 1. The molecule has 5 nitrogen and oxygen atoms in total. The van der Waals surface area contributed by atoms with Gasteiger partial charge in [0.1, 0.15) is 5.82 Å². The number of aliphatic hydroxyl groups is 1. The molecule has 2 heterocycles. The highest BCUT2D eigenvalue weighted by molar-refractivity contribution is 5.97. The monoisotopic (exact) mass is 375 g/mol. The first kappa shape index (κ1) is 18.0. The van der Waals surface area contributed by atoms with Gasteiger partial charge in [0.05, 0.1) is 24.9 Å². The summed E-state index contributed by atoms with van der Waals surface area (Å²) in [4.78, 5) is 16.8. The summed E-state index contributed by atoms with van der Waals surface area (Å²) in [6.07, 6.45) is 3.61. The molecule has 0 saturated carbocycles. The van der Waals surface area contributed by atoms with Crippen molar-refractivity contribution in [1.82, 2.24) is 14.8 Å². The molecule has 0 saturated heterocycles. The van der Waals surface area contributed by atoms with E-state index in [0.717, 1.165) is 27.6 Å². The molecular weight excluding hydrogens is 357 g/mol. The minimum atomic E-state index is -0.370. The molecule has 6 heteroatoms. The molecule has 4 aromatic rings. The van der Waals surface area contributed by atoms with Crippen LogP contribution in [0.25, 0.3) is 21.9 Å². The summed E-state index contributed by atoms with van der Waals surface area (Å²) in [6.45, 7) is -0.0996. The van der Waals surface area contributed by atoms with Crippen LogP contribution >= 0.6 is 0 Å². The van der Waals surface area contributed by atoms with Gasteiger partial charge in [-0.15, -0.1) is 0 Å². The predicted molar refractivity (Wildman–Crippen MR) is 104 cm³/mol. The van der Waals surface area contributed by atoms with E-state index in [-0.39, 0.29) is 24.6 Å². The third kappa shape index (κ3) is 3.42. The molecular formula is C22H18FN3O2. The van der Waals surface area contributed by atoms with Crippen LogP contribution < -0.4 is 0 Å². The molecule has 0 atom stereocenters. The van der Waals surface area contributed by atoms with Crippen LogP contribution in [-0.2, 0) is 20.1 Å². The van der Waals surface area contributed by atoms with Gasteiger partial charge in [0.2, 0.25) is 0 Å². The molecule has 1 N–H and O–H groups in total. The highest BCUT2D eigenvalue weighted by Crippen LogP contribution is 2.27. The second kappa shape index (κ2) is 7.32. The van der Waals surface area contributed by atoms with E-state index in [9.17, 15) is 14.3 Å². The molecule has 0 unspecified atom stereocenters. The summed E-state index contributed by atoms with van der Waals surface area (Å²) in [6, 6.07) is 13.3. The van der Waals surface area contributed by atoms with Crippen molar-refractivity contribution in [2.75, 3.05) is 0 Å². The van der Waals surface area contributed by atoms with Gasteiger partial charge in [-0.2, -0.15) is 5.10 Å². The maximum atomic E-state index is 13.0. The first-order valence-electron chi connectivity index (χ1n) is 8.84. The Morgan fingerprint density at radius 3 is 2.61 bits per heavy atom. The molecule has 140 valence electrons. The van der Waals surface area contributed by atoms with Gasteiger partial charge in [-0.25, -0.2) is 4.39 Å². The molecule has 0 aliphatic carbocycles. The van der Waals surface area contributed by atoms with Crippen LogP contribution in [-0.4, -0.2) is 25.7 Å². The second-order valence-corrected chi connectivity index (χ2v) is 6.63. The lowest BCUT2D eigenvalue weighted by molar-refractivity contribution is 0.0992. The fourth-order valence-corrected chi connectivity index (χ4v) is 3.24. The first-order valence-corrected chi connectivity index (χ1v) is 8.84. The average molecular weight is 375 g/mol. The van der Waals surface area contributed by atoms with E-state index >= 15 is 0 Å². The number of nitrogens with zero attached hydrogens (tertiary/aromatic N) is 3. The van der Waals surface area contributed by atoms with Gasteiger partial charge in [0, 0.05) is 35.5 Å². The Labute approximate surface area is 161 Å². The highest BCUT2D eigenvalue weighted by atomic mass is 19.1. The summed E-state index contributed by atoms with van der Waals surface area (Å²) in [5.41, 5.74) is 3.65. The minimum absolute atomic E-state index is 0.0996. The van der Waals surface area contributed by atoms with Crippen LogP contribution in [0.15, 0.2) is 60.9 Å². The van der Waals surface area contributed by atoms with Crippen molar-refractivity contribution >= 4 is 16.6 Å². The van der Waals surface area contributed by atoms with Crippen molar-refractivity contribution in [2.24, 2.45) is 7.05 Å². The Bertz CT molecular complexity index is 1170. The number of pyridine rings is 1. The lowest BCUT2D eigenvalue weighted by atomic mass is 10.0. The van der Waals surface area contributed by atoms with Gasteiger partial charge in [-0.05, 0) is 47.3 Å². The topological polar surface area (TPSA) is 68.0 Å². The Hall–Kier alpha value is -3.38. The van der Waals surface area contributed by atoms with Gasteiger partial charge < -0.3 is 5.11 Å². The number of carbonyl (C=O) groups excluding carboxylic acids is 1. The van der Waals surface area contributed by atoms with E-state index in [1.807, 2.05) is 24.3 Å². The summed E-state index contributed by atoms with van der Waals surface area (Å²) >= 11 is 0. The Morgan fingerprint density at radius 1 is 1.07 bits per heavy atom. The SMILES string of the molecule is Cn1ncc(-c2ccc3cnc(CC(=O)c4ccc(F)cc4)cc3c2)c1CO. The number of carbonyl (C=O) groups is 1. The minimum Gasteiger partial charge on any atom is -0.390 e. The predicted octanol–water partition coefficient (Wildman–Crippen LogP) is 3.69. The average Bonchev–Trinajstić information content (AvgIpc) is 3.08. The van der Waals surface area contributed by atoms with Crippen LogP contribution in [0.5, 0.6) is 0 Å². The molecule has 0 amide bonds. The van der Waals surface area contributed by atoms with E-state index in [1.54, 1.807) is 24.1 Å². The van der Waals surface area contributed by atoms with E-state index in [4.69, 9.17) is 0 Å². The molecule has 2 aromatic carbocycles. The quantitative estimate of drug-likeness (QED) is 0.540. The zero-order valence-corrected chi connectivity index (χ0v) is 15.3. The Balaban J connectivity index is 1.66. The lowest BCUT2D eigenvalue weighted by Crippen LogP contribution is -2.05. The van der Waals surface area contributed by atoms with Gasteiger partial charge in [-0.3, -0.25) is 14.5 Å². The number of halogens is 1. The van der Waals surface area contributed by atoms with E-state index in [0.29, 0.717) is 11.3 Å². The lowest BCUT2D eigenvalue weighted by Gasteiger charge is -2.07. The largest absolute Gasteiger partial charge is 0.390 e.